The van der Waals surface area contributed by atoms with Gasteiger partial charge in [0.05, 0.1) is 22.1 Å². The third-order valence-corrected chi connectivity index (χ3v) is 14.4. The minimum Gasteiger partial charge on any atom is -0.656 e. The van der Waals surface area contributed by atoms with E-state index >= 15 is 0 Å². The van der Waals surface area contributed by atoms with E-state index in [9.17, 15) is 0 Å². The average Bonchev–Trinajstić information content (AvgIpc) is 4.15. The van der Waals surface area contributed by atoms with Gasteiger partial charge in [-0.15, -0.1) is 28.7 Å². The molecule has 7 heteroatoms. The fourth-order valence-electron chi connectivity index (χ4n) is 11.2. The van der Waals surface area contributed by atoms with Crippen LogP contribution in [0.3, 0.4) is 0 Å². The van der Waals surface area contributed by atoms with Crippen LogP contribution < -0.4 is 4.98 Å². The summed E-state index contributed by atoms with van der Waals surface area (Å²) in [5.74, 6) is 1.53. The molecule has 71 heavy (non-hydrogen) atoms. The van der Waals surface area contributed by atoms with Gasteiger partial charge in [-0.1, -0.05) is 175 Å². The van der Waals surface area contributed by atoms with Crippen LogP contribution in [-0.2, 0) is 26.5 Å². The second-order valence-electron chi connectivity index (χ2n) is 20.5. The number of pyridine rings is 1. The minimum atomic E-state index is -0.121. The van der Waals surface area contributed by atoms with Crippen LogP contribution in [0.4, 0.5) is 0 Å². The number of imidazole rings is 1. The van der Waals surface area contributed by atoms with E-state index in [1.54, 1.807) is 0 Å². The molecule has 0 bridgehead atoms. The van der Waals surface area contributed by atoms with Crippen molar-refractivity contribution in [3.8, 4) is 45.0 Å². The molecule has 0 spiro atoms. The minimum absolute atomic E-state index is 0. The molecule has 5 aromatic heterocycles. The van der Waals surface area contributed by atoms with Crippen LogP contribution in [0.25, 0.3) is 122 Å². The Morgan fingerprint density at radius 2 is 1.30 bits per heavy atom. The van der Waals surface area contributed by atoms with Crippen LogP contribution in [0, 0.1) is 6.07 Å². The zero-order valence-electron chi connectivity index (χ0n) is 40.8. The molecule has 0 N–H and O–H groups in total. The molecule has 13 aromatic rings. The van der Waals surface area contributed by atoms with Crippen molar-refractivity contribution in [3.05, 3.63) is 193 Å². The zero-order valence-corrected chi connectivity index (χ0v) is 43.1. The molecule has 0 unspecified atom stereocenters. The predicted molar refractivity (Wildman–Crippen MR) is 291 cm³/mol. The van der Waals surface area contributed by atoms with Gasteiger partial charge in [-0.2, -0.15) is 0 Å². The first-order chi connectivity index (χ1) is 34.0. The van der Waals surface area contributed by atoms with Gasteiger partial charge in [-0.25, -0.2) is 9.97 Å². The molecule has 0 aliphatic carbocycles. The number of hydrogen-bond acceptors (Lipinski definition) is 3. The van der Waals surface area contributed by atoms with Crippen molar-refractivity contribution in [1.82, 2.24) is 24.1 Å². The van der Waals surface area contributed by atoms with Crippen LogP contribution in [0.15, 0.2) is 174 Å². The van der Waals surface area contributed by atoms with Crippen LogP contribution in [0.5, 0.6) is 0 Å². The van der Waals surface area contributed by atoms with Crippen molar-refractivity contribution in [2.75, 3.05) is 0 Å². The number of para-hydroxylation sites is 4. The molecule has 0 amide bonds. The van der Waals surface area contributed by atoms with Crippen molar-refractivity contribution >= 4 is 76.7 Å². The number of fused-ring (bicyclic) bond motifs is 10. The molecule has 348 valence electrons. The summed E-state index contributed by atoms with van der Waals surface area (Å²) in [7, 11) is 0. The third kappa shape index (κ3) is 6.94. The summed E-state index contributed by atoms with van der Waals surface area (Å²) in [6.07, 6.45) is 1.86. The second-order valence-corrected chi connectivity index (χ2v) is 20.5. The van der Waals surface area contributed by atoms with E-state index in [4.69, 9.17) is 19.4 Å². The van der Waals surface area contributed by atoms with E-state index in [1.807, 2.05) is 24.4 Å². The summed E-state index contributed by atoms with van der Waals surface area (Å²) in [6, 6.07) is 62.7. The number of aromatic nitrogens is 5. The van der Waals surface area contributed by atoms with Crippen molar-refractivity contribution in [2.24, 2.45) is 0 Å². The Hall–Kier alpha value is -7.53. The Morgan fingerprint density at radius 3 is 2.08 bits per heavy atom. The van der Waals surface area contributed by atoms with Crippen LogP contribution >= 0.6 is 0 Å². The first kappa shape index (κ1) is 44.7. The predicted octanol–water partition coefficient (Wildman–Crippen LogP) is 17.0. The molecule has 0 aliphatic heterocycles. The molecule has 0 aliphatic rings. The van der Waals surface area contributed by atoms with Gasteiger partial charge in [0.2, 0.25) is 0 Å². The number of benzene rings is 8. The maximum atomic E-state index is 6.81. The first-order valence-electron chi connectivity index (χ1n) is 24.5. The summed E-state index contributed by atoms with van der Waals surface area (Å²) >= 11 is 0. The molecule has 0 radical (unpaired) electrons. The van der Waals surface area contributed by atoms with Crippen LogP contribution in [-0.4, -0.2) is 19.1 Å². The van der Waals surface area contributed by atoms with Crippen molar-refractivity contribution in [2.45, 2.75) is 65.7 Å². The van der Waals surface area contributed by atoms with E-state index in [-0.39, 0.29) is 26.5 Å². The van der Waals surface area contributed by atoms with Crippen molar-refractivity contribution in [3.63, 3.8) is 0 Å². The first-order valence-corrected chi connectivity index (χ1v) is 24.5. The quantitative estimate of drug-likeness (QED) is 0.149. The largest absolute Gasteiger partial charge is 2.00 e. The molecule has 13 rings (SSSR count). The van der Waals surface area contributed by atoms with Crippen LogP contribution in [0.2, 0.25) is 0 Å². The van der Waals surface area contributed by atoms with Gasteiger partial charge in [-0.3, -0.25) is 4.57 Å². The van der Waals surface area contributed by atoms with Gasteiger partial charge in [0.15, 0.2) is 0 Å². The van der Waals surface area contributed by atoms with E-state index in [2.05, 4.69) is 209 Å². The summed E-state index contributed by atoms with van der Waals surface area (Å²) in [5, 5.41) is 6.57. The Bertz CT molecular complexity index is 4170. The van der Waals surface area contributed by atoms with E-state index < -0.39 is 0 Å². The topological polar surface area (TPSA) is 62.9 Å². The number of furan rings is 1. The van der Waals surface area contributed by atoms with Gasteiger partial charge in [0.25, 0.3) is 0 Å². The number of hydrogen-bond donors (Lipinski definition) is 0. The van der Waals surface area contributed by atoms with Crippen LogP contribution in [0.1, 0.15) is 77.0 Å². The van der Waals surface area contributed by atoms with Gasteiger partial charge in [-0.05, 0) is 98.3 Å². The molecular weight excluding hydrogens is 1050 g/mol. The molecule has 0 fully saturated rings. The van der Waals surface area contributed by atoms with Crippen molar-refractivity contribution in [1.29, 1.82) is 0 Å². The monoisotopic (exact) mass is 1100 g/mol. The fraction of sp³-hybridized carbons (Fsp3) is 0.156. The molecule has 0 saturated carbocycles. The smallest absolute Gasteiger partial charge is 0.656 e. The SMILES string of the molecule is CC(C)c1cccc(C(C)C)c1-c1cccc(-n2c(-c3ccc(C(C)(C)C)c4c3[n-]c3ccccc34)nc3c(-c4[c-]c(-n5c6ccccc6c6cccnc65)c5oc6ccccc6c5c4)cccc32)c1.[Pt+2]. The third-order valence-electron chi connectivity index (χ3n) is 14.4. The number of nitrogens with zero attached hydrogens (tertiary/aromatic N) is 5. The maximum absolute atomic E-state index is 6.81. The number of rotatable bonds is 7. The van der Waals surface area contributed by atoms with E-state index in [1.165, 1.54) is 33.2 Å². The summed E-state index contributed by atoms with van der Waals surface area (Å²) in [5.41, 5.74) is 18.3. The summed E-state index contributed by atoms with van der Waals surface area (Å²) in [6.45, 7) is 16.0. The Morgan fingerprint density at radius 1 is 0.606 bits per heavy atom. The summed E-state index contributed by atoms with van der Waals surface area (Å²) in [4.78, 5) is 16.3. The molecule has 0 atom stereocenters. The second kappa shape index (κ2) is 16.8. The molecule has 5 heterocycles. The zero-order chi connectivity index (χ0) is 47.6. The summed E-state index contributed by atoms with van der Waals surface area (Å²) < 4.78 is 11.4. The van der Waals surface area contributed by atoms with Crippen molar-refractivity contribution < 1.29 is 25.5 Å². The Kier molecular flexibility index (Phi) is 10.6. The standard InChI is InChI=1S/C64H51N5O.Pt/c1-37(2)42-23-15-24-43(38(3)4)57(42)39-18-14-19-41(34-39)68-54-29-16-25-44(59(54)67-63(68)49-31-32-51(64(5,6)7)58-48-22-8-11-27-52(48)66-60(49)58)40-35-50-46-21-10-13-30-56(46)70-61(50)55(36-40)69-53-28-12-9-20-45(53)47-26-17-33-65-62(47)69;/h8-35,37-38H,1-7H3;/q-2;+2. The van der Waals surface area contributed by atoms with Gasteiger partial charge in [0, 0.05) is 39.3 Å². The van der Waals surface area contributed by atoms with Gasteiger partial charge in [0.1, 0.15) is 17.1 Å². The van der Waals surface area contributed by atoms with Gasteiger partial charge < -0.3 is 14.0 Å². The fourth-order valence-corrected chi connectivity index (χ4v) is 11.2. The Labute approximate surface area is 427 Å². The normalized spacial score (nSPS) is 12.3. The van der Waals surface area contributed by atoms with Gasteiger partial charge >= 0.3 is 21.1 Å². The average molecular weight is 1100 g/mol. The maximum Gasteiger partial charge on any atom is 2.00 e. The molecule has 0 saturated heterocycles. The molecular formula is C64H51N5OPt. The molecule has 8 aromatic carbocycles. The van der Waals surface area contributed by atoms with E-state index in [0.29, 0.717) is 11.8 Å². The Balaban J connectivity index is 0.00000517. The molecule has 6 nitrogen and oxygen atoms in total. The van der Waals surface area contributed by atoms with E-state index in [0.717, 1.165) is 105 Å².